The van der Waals surface area contributed by atoms with E-state index in [1.165, 1.54) is 12.1 Å². The Balaban J connectivity index is 1.87. The molecule has 1 atom stereocenters. The van der Waals surface area contributed by atoms with Crippen LogP contribution in [0.3, 0.4) is 0 Å². The van der Waals surface area contributed by atoms with Gasteiger partial charge in [0, 0.05) is 17.1 Å². The molecule has 0 amide bonds. The normalized spacial score (nSPS) is 12.6. The van der Waals surface area contributed by atoms with E-state index in [2.05, 4.69) is 10.5 Å². The highest BCUT2D eigenvalue weighted by Gasteiger charge is 2.16. The van der Waals surface area contributed by atoms with Gasteiger partial charge in [-0.25, -0.2) is 4.39 Å². The van der Waals surface area contributed by atoms with E-state index in [-0.39, 0.29) is 11.9 Å². The molecule has 26 heavy (non-hydrogen) atoms. The predicted octanol–water partition coefficient (Wildman–Crippen LogP) is 5.90. The first kappa shape index (κ1) is 18.0. The zero-order valence-electron chi connectivity index (χ0n) is 13.9. The fourth-order valence-corrected chi connectivity index (χ4v) is 2.86. The van der Waals surface area contributed by atoms with Gasteiger partial charge in [-0.3, -0.25) is 0 Å². The number of hydrogen-bond donors (Lipinski definition) is 2. The summed E-state index contributed by atoms with van der Waals surface area (Å²) in [6.45, 7) is 0. The molecule has 0 saturated heterocycles. The van der Waals surface area contributed by atoms with Crippen molar-refractivity contribution in [3.05, 3.63) is 101 Å². The zero-order chi connectivity index (χ0) is 18.4. The van der Waals surface area contributed by atoms with Gasteiger partial charge in [0.15, 0.2) is 0 Å². The quantitative estimate of drug-likeness (QED) is 0.323. The van der Waals surface area contributed by atoms with Crippen molar-refractivity contribution in [1.29, 1.82) is 0 Å². The molecule has 0 aliphatic heterocycles. The van der Waals surface area contributed by atoms with Crippen molar-refractivity contribution in [3.63, 3.8) is 0 Å². The second kappa shape index (κ2) is 8.50. The van der Waals surface area contributed by atoms with Gasteiger partial charge in [-0.05, 0) is 47.5 Å². The summed E-state index contributed by atoms with van der Waals surface area (Å²) >= 11 is 5.95. The van der Waals surface area contributed by atoms with Gasteiger partial charge in [0.1, 0.15) is 5.82 Å². The van der Waals surface area contributed by atoms with E-state index in [0.717, 1.165) is 11.3 Å². The minimum atomic E-state index is -0.329. The lowest BCUT2D eigenvalue weighted by molar-refractivity contribution is 0.317. The number of nitrogens with one attached hydrogen (secondary N) is 1. The van der Waals surface area contributed by atoms with E-state index in [1.54, 1.807) is 12.1 Å². The third-order valence-corrected chi connectivity index (χ3v) is 4.33. The zero-order valence-corrected chi connectivity index (χ0v) is 14.7. The van der Waals surface area contributed by atoms with Gasteiger partial charge in [0.25, 0.3) is 0 Å². The van der Waals surface area contributed by atoms with Crippen LogP contribution in [-0.2, 0) is 0 Å². The fraction of sp³-hybridized carbons (Fsp3) is 0.0952. The Morgan fingerprint density at radius 3 is 2.23 bits per heavy atom. The highest BCUT2D eigenvalue weighted by atomic mass is 35.5. The Labute approximate surface area is 156 Å². The molecule has 3 aromatic carbocycles. The first-order valence-electron chi connectivity index (χ1n) is 8.19. The van der Waals surface area contributed by atoms with Gasteiger partial charge in [-0.15, -0.1) is 0 Å². The summed E-state index contributed by atoms with van der Waals surface area (Å²) in [5.74, 6) is -0.329. The number of hydrogen-bond acceptors (Lipinski definition) is 3. The number of oxime groups is 1. The molecule has 0 spiro atoms. The van der Waals surface area contributed by atoms with Crippen molar-refractivity contribution in [2.45, 2.75) is 12.5 Å². The third-order valence-electron chi connectivity index (χ3n) is 4.08. The molecule has 0 saturated carbocycles. The molecule has 0 heterocycles. The van der Waals surface area contributed by atoms with Crippen molar-refractivity contribution in [2.24, 2.45) is 5.16 Å². The van der Waals surface area contributed by atoms with Crippen LogP contribution < -0.4 is 5.32 Å². The average molecular weight is 369 g/mol. The van der Waals surface area contributed by atoms with E-state index < -0.39 is 0 Å². The highest BCUT2D eigenvalue weighted by Crippen LogP contribution is 2.26. The van der Waals surface area contributed by atoms with Gasteiger partial charge >= 0.3 is 0 Å². The molecule has 3 nitrogen and oxygen atoms in total. The van der Waals surface area contributed by atoms with E-state index >= 15 is 0 Å². The number of anilines is 1. The smallest absolute Gasteiger partial charge is 0.123 e. The van der Waals surface area contributed by atoms with Crippen LogP contribution in [0.2, 0.25) is 5.02 Å². The Kier molecular flexibility index (Phi) is 5.87. The summed E-state index contributed by atoms with van der Waals surface area (Å²) < 4.78 is 13.2. The Morgan fingerprint density at radius 2 is 1.62 bits per heavy atom. The second-order valence-corrected chi connectivity index (χ2v) is 6.31. The lowest BCUT2D eigenvalue weighted by atomic mass is 9.97. The molecule has 0 radical (unpaired) electrons. The number of rotatable bonds is 6. The minimum Gasteiger partial charge on any atom is -0.411 e. The standard InChI is InChI=1S/C21H18ClFN2O/c22-17-8-12-19(13-9-17)24-20(15-4-2-1-3-5-15)14-21(25-26)16-6-10-18(23)11-7-16/h1-13,20,24,26H,14H2/b25-21-. The minimum absolute atomic E-state index is 0.131. The van der Waals surface area contributed by atoms with Crippen LogP contribution in [0.15, 0.2) is 84.0 Å². The molecule has 0 aliphatic carbocycles. The Hall–Kier alpha value is -2.85. The van der Waals surface area contributed by atoms with Crippen molar-refractivity contribution in [2.75, 3.05) is 5.32 Å². The molecule has 3 aromatic rings. The summed E-state index contributed by atoms with van der Waals surface area (Å²) in [5, 5.41) is 17.0. The second-order valence-electron chi connectivity index (χ2n) is 5.87. The van der Waals surface area contributed by atoms with Crippen molar-refractivity contribution in [1.82, 2.24) is 0 Å². The van der Waals surface area contributed by atoms with Crippen LogP contribution in [0.4, 0.5) is 10.1 Å². The van der Waals surface area contributed by atoms with Crippen molar-refractivity contribution >= 4 is 23.0 Å². The summed E-state index contributed by atoms with van der Waals surface area (Å²) in [7, 11) is 0. The molecular formula is C21H18ClFN2O. The molecule has 0 aliphatic rings. The van der Waals surface area contributed by atoms with E-state index in [9.17, 15) is 9.60 Å². The topological polar surface area (TPSA) is 44.6 Å². The monoisotopic (exact) mass is 368 g/mol. The van der Waals surface area contributed by atoms with Crippen LogP contribution in [0.5, 0.6) is 0 Å². The summed E-state index contributed by atoms with van der Waals surface area (Å²) in [6, 6.07) is 23.1. The van der Waals surface area contributed by atoms with E-state index in [4.69, 9.17) is 11.6 Å². The van der Waals surface area contributed by atoms with E-state index in [1.807, 2.05) is 54.6 Å². The van der Waals surface area contributed by atoms with Crippen molar-refractivity contribution < 1.29 is 9.60 Å². The molecule has 5 heteroatoms. The van der Waals surface area contributed by atoms with Gasteiger partial charge < -0.3 is 10.5 Å². The molecule has 0 aromatic heterocycles. The molecule has 2 N–H and O–H groups in total. The van der Waals surface area contributed by atoms with Gasteiger partial charge in [0.2, 0.25) is 0 Å². The molecule has 132 valence electrons. The SMILES string of the molecule is O/N=C(/CC(Nc1ccc(Cl)cc1)c1ccccc1)c1ccc(F)cc1. The lowest BCUT2D eigenvalue weighted by Crippen LogP contribution is -2.16. The molecule has 1 unspecified atom stereocenters. The number of benzene rings is 3. The maximum atomic E-state index is 13.2. The molecular weight excluding hydrogens is 351 g/mol. The van der Waals surface area contributed by atoms with Gasteiger partial charge in [0.05, 0.1) is 11.8 Å². The summed E-state index contributed by atoms with van der Waals surface area (Å²) in [4.78, 5) is 0. The summed E-state index contributed by atoms with van der Waals surface area (Å²) in [6.07, 6.45) is 0.425. The van der Waals surface area contributed by atoms with Crippen LogP contribution in [0.1, 0.15) is 23.6 Å². The highest BCUT2D eigenvalue weighted by molar-refractivity contribution is 6.30. The first-order valence-corrected chi connectivity index (χ1v) is 8.57. The van der Waals surface area contributed by atoms with Crippen LogP contribution >= 0.6 is 11.6 Å². The predicted molar refractivity (Wildman–Crippen MR) is 104 cm³/mol. The number of nitrogens with zero attached hydrogens (tertiary/aromatic N) is 1. The fourth-order valence-electron chi connectivity index (χ4n) is 2.74. The van der Waals surface area contributed by atoms with Crippen LogP contribution in [-0.4, -0.2) is 10.9 Å². The van der Waals surface area contributed by atoms with Crippen molar-refractivity contribution in [3.8, 4) is 0 Å². The molecule has 0 fully saturated rings. The van der Waals surface area contributed by atoms with Crippen LogP contribution in [0.25, 0.3) is 0 Å². The largest absolute Gasteiger partial charge is 0.411 e. The van der Waals surface area contributed by atoms with Gasteiger partial charge in [-0.1, -0.05) is 59.2 Å². The molecule has 0 bridgehead atoms. The van der Waals surface area contributed by atoms with E-state index in [0.29, 0.717) is 22.7 Å². The Bertz CT molecular complexity index is 865. The number of halogens is 2. The maximum Gasteiger partial charge on any atom is 0.123 e. The molecule has 3 rings (SSSR count). The third kappa shape index (κ3) is 4.61. The van der Waals surface area contributed by atoms with Gasteiger partial charge in [-0.2, -0.15) is 0 Å². The lowest BCUT2D eigenvalue weighted by Gasteiger charge is -2.21. The van der Waals surface area contributed by atoms with Crippen LogP contribution in [0, 0.1) is 5.82 Å². The Morgan fingerprint density at radius 1 is 0.962 bits per heavy atom. The maximum absolute atomic E-state index is 13.2. The summed E-state index contributed by atoms with van der Waals surface area (Å²) in [5.41, 5.74) is 3.10. The average Bonchev–Trinajstić information content (AvgIpc) is 2.68. The first-order chi connectivity index (χ1) is 12.7.